The van der Waals surface area contributed by atoms with E-state index < -0.39 is 5.82 Å². The molecule has 4 nitrogen and oxygen atoms in total. The summed E-state index contributed by atoms with van der Waals surface area (Å²) in [4.78, 5) is 14.0. The number of rotatable bonds is 0. The van der Waals surface area contributed by atoms with Crippen LogP contribution in [0.4, 0.5) is 15.8 Å². The maximum Gasteiger partial charge on any atom is 0.232 e. The number of ether oxygens (including phenoxy) is 1. The molecule has 96 valence electrons. The highest BCUT2D eigenvalue weighted by Crippen LogP contribution is 2.37. The Morgan fingerprint density at radius 3 is 3.06 bits per heavy atom. The van der Waals surface area contributed by atoms with Crippen LogP contribution in [0.15, 0.2) is 12.1 Å². The lowest BCUT2D eigenvalue weighted by Gasteiger charge is -2.27. The minimum atomic E-state index is -0.535. The number of nitrogens with one attached hydrogen (secondary N) is 1. The molecule has 1 saturated heterocycles. The molecule has 2 aliphatic heterocycles. The Kier molecular flexibility index (Phi) is 2.68. The van der Waals surface area contributed by atoms with E-state index in [-0.39, 0.29) is 22.9 Å². The molecule has 0 saturated carbocycles. The van der Waals surface area contributed by atoms with Gasteiger partial charge in [-0.05, 0) is 6.07 Å². The van der Waals surface area contributed by atoms with Crippen molar-refractivity contribution in [3.8, 4) is 0 Å². The lowest BCUT2D eigenvalue weighted by atomic mass is 10.0. The Balaban J connectivity index is 2.11. The molecule has 0 aliphatic carbocycles. The molecule has 0 aromatic heterocycles. The zero-order chi connectivity index (χ0) is 12.9. The number of halogens is 2. The van der Waals surface area contributed by atoms with E-state index >= 15 is 0 Å². The Morgan fingerprint density at radius 2 is 2.28 bits per heavy atom. The van der Waals surface area contributed by atoms with Gasteiger partial charge in [0.2, 0.25) is 5.91 Å². The molecule has 6 heteroatoms. The Hall–Kier alpha value is -1.33. The number of hydrogen-bond donors (Lipinski definition) is 1. The normalized spacial score (nSPS) is 26.4. The third kappa shape index (κ3) is 1.66. The maximum absolute atomic E-state index is 13.5. The summed E-state index contributed by atoms with van der Waals surface area (Å²) in [6, 6.07) is 2.76. The number of likely N-dealkylation sites (N-methyl/N-ethyl adjacent to an activating group) is 1. The average Bonchev–Trinajstić information content (AvgIpc) is 2.78. The summed E-state index contributed by atoms with van der Waals surface area (Å²) in [5, 5.41) is 2.78. The molecule has 1 aromatic rings. The predicted molar refractivity (Wildman–Crippen MR) is 66.5 cm³/mol. The predicted octanol–water partition coefficient (Wildman–Crippen LogP) is 1.88. The van der Waals surface area contributed by atoms with E-state index in [1.54, 1.807) is 0 Å². The minimum Gasteiger partial charge on any atom is -0.378 e. The van der Waals surface area contributed by atoms with Crippen LogP contribution in [0.2, 0.25) is 5.02 Å². The number of anilines is 2. The van der Waals surface area contributed by atoms with Gasteiger partial charge in [-0.1, -0.05) is 11.6 Å². The van der Waals surface area contributed by atoms with Crippen molar-refractivity contribution >= 4 is 28.9 Å². The Morgan fingerprint density at radius 1 is 1.50 bits per heavy atom. The van der Waals surface area contributed by atoms with Crippen molar-refractivity contribution in [1.82, 2.24) is 0 Å². The molecule has 0 radical (unpaired) electrons. The number of benzene rings is 1. The van der Waals surface area contributed by atoms with Crippen LogP contribution in [0.3, 0.4) is 0 Å². The molecule has 2 heterocycles. The first-order valence-corrected chi connectivity index (χ1v) is 6.06. The first-order chi connectivity index (χ1) is 8.58. The van der Waals surface area contributed by atoms with Gasteiger partial charge < -0.3 is 15.0 Å². The molecular weight excluding hydrogens is 259 g/mol. The van der Waals surface area contributed by atoms with Crippen molar-refractivity contribution in [2.45, 2.75) is 6.04 Å². The first-order valence-electron chi connectivity index (χ1n) is 5.68. The van der Waals surface area contributed by atoms with Crippen molar-refractivity contribution in [2.75, 3.05) is 30.5 Å². The van der Waals surface area contributed by atoms with E-state index in [9.17, 15) is 9.18 Å². The number of carbonyl (C=O) groups excluding carboxylic acids is 1. The molecule has 1 aromatic carbocycles. The minimum absolute atomic E-state index is 0.0345. The number of nitrogens with zero attached hydrogens (tertiary/aromatic N) is 1. The van der Waals surface area contributed by atoms with Crippen molar-refractivity contribution in [1.29, 1.82) is 0 Å². The molecule has 0 spiro atoms. The van der Waals surface area contributed by atoms with Crippen LogP contribution in [0.1, 0.15) is 0 Å². The largest absolute Gasteiger partial charge is 0.378 e. The SMILES string of the molecule is CN1c2cc(Cl)c(F)cc2NC(=O)C2COCC21. The van der Waals surface area contributed by atoms with E-state index in [0.29, 0.717) is 24.6 Å². The second kappa shape index (κ2) is 4.10. The molecule has 0 bridgehead atoms. The van der Waals surface area contributed by atoms with E-state index in [1.165, 1.54) is 12.1 Å². The zero-order valence-electron chi connectivity index (χ0n) is 9.74. The Bertz CT molecular complexity index is 523. The summed E-state index contributed by atoms with van der Waals surface area (Å²) in [6.45, 7) is 0.883. The van der Waals surface area contributed by atoms with Crippen LogP contribution in [-0.2, 0) is 9.53 Å². The topological polar surface area (TPSA) is 41.6 Å². The van der Waals surface area contributed by atoms with Gasteiger partial charge in [-0.25, -0.2) is 4.39 Å². The number of carbonyl (C=O) groups is 1. The summed E-state index contributed by atoms with van der Waals surface area (Å²) in [6.07, 6.45) is 0. The van der Waals surface area contributed by atoms with Gasteiger partial charge in [0.05, 0.1) is 41.6 Å². The van der Waals surface area contributed by atoms with Gasteiger partial charge >= 0.3 is 0 Å². The summed E-state index contributed by atoms with van der Waals surface area (Å²) < 4.78 is 18.8. The van der Waals surface area contributed by atoms with Crippen molar-refractivity contribution in [3.63, 3.8) is 0 Å². The standard InChI is InChI=1S/C12H12ClFN2O2/c1-16-10-2-7(13)8(14)3-9(10)15-12(17)6-4-18-5-11(6)16/h2-3,6,11H,4-5H2,1H3,(H,15,17). The molecule has 1 N–H and O–H groups in total. The number of hydrogen-bond acceptors (Lipinski definition) is 3. The highest BCUT2D eigenvalue weighted by Gasteiger charge is 2.40. The van der Waals surface area contributed by atoms with Crippen LogP contribution in [0, 0.1) is 11.7 Å². The van der Waals surface area contributed by atoms with Crippen molar-refractivity contribution in [3.05, 3.63) is 23.0 Å². The summed E-state index contributed by atoms with van der Waals surface area (Å²) in [5.74, 6) is -0.901. The smallest absolute Gasteiger partial charge is 0.232 e. The van der Waals surface area contributed by atoms with E-state index in [2.05, 4.69) is 5.32 Å². The van der Waals surface area contributed by atoms with Gasteiger partial charge in [0.1, 0.15) is 5.82 Å². The lowest BCUT2D eigenvalue weighted by molar-refractivity contribution is -0.120. The molecule has 2 aliphatic rings. The molecule has 2 atom stereocenters. The number of amides is 1. The van der Waals surface area contributed by atoms with Crippen molar-refractivity contribution in [2.24, 2.45) is 5.92 Å². The van der Waals surface area contributed by atoms with Gasteiger partial charge in [-0.15, -0.1) is 0 Å². The fourth-order valence-electron chi connectivity index (χ4n) is 2.51. The molecule has 3 rings (SSSR count). The highest BCUT2D eigenvalue weighted by atomic mass is 35.5. The van der Waals surface area contributed by atoms with Crippen LogP contribution in [0.25, 0.3) is 0 Å². The van der Waals surface area contributed by atoms with Crippen LogP contribution < -0.4 is 10.2 Å². The quantitative estimate of drug-likeness (QED) is 0.783. The summed E-state index contributed by atoms with van der Waals surface area (Å²) in [7, 11) is 1.86. The number of fused-ring (bicyclic) bond motifs is 2. The maximum atomic E-state index is 13.5. The monoisotopic (exact) mass is 270 g/mol. The zero-order valence-corrected chi connectivity index (χ0v) is 10.5. The lowest BCUT2D eigenvalue weighted by Crippen LogP contribution is -2.40. The third-order valence-corrected chi connectivity index (χ3v) is 3.85. The molecule has 2 unspecified atom stereocenters. The summed E-state index contributed by atoms with van der Waals surface area (Å²) >= 11 is 5.80. The second-order valence-electron chi connectivity index (χ2n) is 4.59. The fourth-order valence-corrected chi connectivity index (χ4v) is 2.67. The van der Waals surface area contributed by atoms with Crippen LogP contribution in [-0.4, -0.2) is 32.2 Å². The second-order valence-corrected chi connectivity index (χ2v) is 5.00. The first kappa shape index (κ1) is 11.7. The van der Waals surface area contributed by atoms with Gasteiger partial charge in [0.25, 0.3) is 0 Å². The van der Waals surface area contributed by atoms with Gasteiger partial charge in [0.15, 0.2) is 0 Å². The molecule has 18 heavy (non-hydrogen) atoms. The molecule has 1 amide bonds. The van der Waals surface area contributed by atoms with E-state index in [4.69, 9.17) is 16.3 Å². The van der Waals surface area contributed by atoms with Crippen LogP contribution >= 0.6 is 11.6 Å². The van der Waals surface area contributed by atoms with Gasteiger partial charge in [-0.2, -0.15) is 0 Å². The van der Waals surface area contributed by atoms with Crippen molar-refractivity contribution < 1.29 is 13.9 Å². The van der Waals surface area contributed by atoms with E-state index in [1.807, 2.05) is 11.9 Å². The summed E-state index contributed by atoms with van der Waals surface area (Å²) in [5.41, 5.74) is 1.17. The average molecular weight is 271 g/mol. The fraction of sp³-hybridized carbons (Fsp3) is 0.417. The Labute approximate surface area is 109 Å². The molecular formula is C12H12ClFN2O2. The third-order valence-electron chi connectivity index (χ3n) is 3.56. The van der Waals surface area contributed by atoms with Gasteiger partial charge in [0, 0.05) is 13.1 Å². The highest BCUT2D eigenvalue weighted by molar-refractivity contribution is 6.31. The van der Waals surface area contributed by atoms with Gasteiger partial charge in [-0.3, -0.25) is 4.79 Å². The molecule has 1 fully saturated rings. The van der Waals surface area contributed by atoms with Crippen LogP contribution in [0.5, 0.6) is 0 Å². The van der Waals surface area contributed by atoms with E-state index in [0.717, 1.165) is 0 Å².